The summed E-state index contributed by atoms with van der Waals surface area (Å²) in [6.07, 6.45) is 2.55. The van der Waals surface area contributed by atoms with E-state index in [1.807, 2.05) is 25.4 Å². The van der Waals surface area contributed by atoms with E-state index in [4.69, 9.17) is 10.9 Å². The monoisotopic (exact) mass is 368 g/mol. The van der Waals surface area contributed by atoms with E-state index in [-0.39, 0.29) is 5.91 Å². The summed E-state index contributed by atoms with van der Waals surface area (Å²) in [5.41, 5.74) is 13.0. The largest absolute Gasteiger partial charge is 0.397 e. The number of nitrogens with zero attached hydrogens (tertiary/aromatic N) is 1. The Morgan fingerprint density at radius 1 is 1.31 bits per heavy atom. The standard InChI is InChI=1S/C19H20N4O2S/c1-4-5-14-10(2)15-16(20)17(26-19(15)21-11(14)3)18(24)22-12-6-8-13(23-25)9-7-12/h4,6-9,23,25H,1,5,20H2,2-3H3,(H,22,24). The van der Waals surface area contributed by atoms with Crippen molar-refractivity contribution < 1.29 is 10.0 Å². The van der Waals surface area contributed by atoms with Crippen LogP contribution >= 0.6 is 11.3 Å². The summed E-state index contributed by atoms with van der Waals surface area (Å²) in [6, 6.07) is 6.69. The van der Waals surface area contributed by atoms with Gasteiger partial charge in [-0.25, -0.2) is 4.98 Å². The summed E-state index contributed by atoms with van der Waals surface area (Å²) in [7, 11) is 0. The third-order valence-electron chi connectivity index (χ3n) is 4.29. The van der Waals surface area contributed by atoms with Gasteiger partial charge in [0.1, 0.15) is 9.71 Å². The van der Waals surface area contributed by atoms with E-state index in [0.29, 0.717) is 28.4 Å². The van der Waals surface area contributed by atoms with Gasteiger partial charge >= 0.3 is 0 Å². The number of nitrogens with one attached hydrogen (secondary N) is 2. The molecule has 0 fully saturated rings. The zero-order valence-electron chi connectivity index (χ0n) is 14.6. The lowest BCUT2D eigenvalue weighted by Crippen LogP contribution is -2.12. The highest BCUT2D eigenvalue weighted by molar-refractivity contribution is 7.21. The first kappa shape index (κ1) is 17.9. The molecule has 26 heavy (non-hydrogen) atoms. The molecule has 0 unspecified atom stereocenters. The van der Waals surface area contributed by atoms with Gasteiger partial charge in [0.25, 0.3) is 5.91 Å². The highest BCUT2D eigenvalue weighted by Gasteiger charge is 2.21. The first-order chi connectivity index (χ1) is 12.5. The number of nitrogen functional groups attached to an aromatic ring is 1. The van der Waals surface area contributed by atoms with Crippen LogP contribution in [0.15, 0.2) is 36.9 Å². The summed E-state index contributed by atoms with van der Waals surface area (Å²) in [5, 5.41) is 12.5. The van der Waals surface area contributed by atoms with E-state index in [1.54, 1.807) is 24.3 Å². The fraction of sp³-hybridized carbons (Fsp3) is 0.158. The Morgan fingerprint density at radius 2 is 1.96 bits per heavy atom. The van der Waals surface area contributed by atoms with Gasteiger partial charge in [-0.1, -0.05) is 6.08 Å². The fourth-order valence-electron chi connectivity index (χ4n) is 2.94. The molecule has 0 spiro atoms. The molecule has 5 N–H and O–H groups in total. The van der Waals surface area contributed by atoms with Crippen LogP contribution < -0.4 is 16.5 Å². The maximum absolute atomic E-state index is 12.7. The van der Waals surface area contributed by atoms with Crippen LogP contribution in [0.2, 0.25) is 0 Å². The SMILES string of the molecule is C=CCc1c(C)nc2sc(C(=O)Nc3ccc(NO)cc3)c(N)c2c1C. The van der Waals surface area contributed by atoms with Crippen LogP contribution in [0.25, 0.3) is 10.2 Å². The number of allylic oxidation sites excluding steroid dienone is 1. The Hall–Kier alpha value is -2.90. The van der Waals surface area contributed by atoms with Gasteiger partial charge in [0.2, 0.25) is 0 Å². The van der Waals surface area contributed by atoms with Gasteiger partial charge in [-0.2, -0.15) is 0 Å². The zero-order valence-corrected chi connectivity index (χ0v) is 15.4. The maximum Gasteiger partial charge on any atom is 0.267 e. The molecule has 1 aromatic carbocycles. The molecule has 6 nitrogen and oxygen atoms in total. The Morgan fingerprint density at radius 3 is 2.58 bits per heavy atom. The number of pyridine rings is 1. The molecule has 3 rings (SSSR count). The second-order valence-electron chi connectivity index (χ2n) is 5.96. The molecule has 2 heterocycles. The number of hydrogen-bond acceptors (Lipinski definition) is 6. The summed E-state index contributed by atoms with van der Waals surface area (Å²) in [6.45, 7) is 7.75. The second-order valence-corrected chi connectivity index (χ2v) is 6.96. The van der Waals surface area contributed by atoms with Gasteiger partial charge < -0.3 is 11.1 Å². The van der Waals surface area contributed by atoms with Crippen molar-refractivity contribution in [3.8, 4) is 0 Å². The summed E-state index contributed by atoms with van der Waals surface area (Å²) >= 11 is 1.29. The molecular formula is C19H20N4O2S. The van der Waals surface area contributed by atoms with E-state index >= 15 is 0 Å². The van der Waals surface area contributed by atoms with Crippen molar-refractivity contribution in [2.75, 3.05) is 16.5 Å². The van der Waals surface area contributed by atoms with Crippen LogP contribution in [0.5, 0.6) is 0 Å². The summed E-state index contributed by atoms with van der Waals surface area (Å²) in [4.78, 5) is 18.5. The van der Waals surface area contributed by atoms with Crippen LogP contribution in [0, 0.1) is 13.8 Å². The molecule has 3 aromatic rings. The number of nitrogens with two attached hydrogens (primary N) is 1. The van der Waals surface area contributed by atoms with Gasteiger partial charge in [-0.3, -0.25) is 15.5 Å². The van der Waals surface area contributed by atoms with Crippen molar-refractivity contribution in [1.82, 2.24) is 4.98 Å². The molecule has 7 heteroatoms. The number of benzene rings is 1. The molecular weight excluding hydrogens is 348 g/mol. The van der Waals surface area contributed by atoms with Crippen molar-refractivity contribution >= 4 is 44.5 Å². The molecule has 0 aliphatic carbocycles. The van der Waals surface area contributed by atoms with Crippen LogP contribution in [0.1, 0.15) is 26.5 Å². The lowest BCUT2D eigenvalue weighted by molar-refractivity contribution is 0.103. The van der Waals surface area contributed by atoms with Gasteiger partial charge in [-0.15, -0.1) is 17.9 Å². The highest BCUT2D eigenvalue weighted by atomic mass is 32.1. The number of aryl methyl sites for hydroxylation is 2. The second kappa shape index (κ2) is 7.15. The average molecular weight is 368 g/mol. The quantitative estimate of drug-likeness (QED) is 0.398. The number of carbonyl (C=O) groups is 1. The minimum atomic E-state index is -0.280. The summed E-state index contributed by atoms with van der Waals surface area (Å²) in [5.74, 6) is -0.280. The third kappa shape index (κ3) is 3.14. The molecule has 0 saturated heterocycles. The van der Waals surface area contributed by atoms with Crippen molar-refractivity contribution in [1.29, 1.82) is 0 Å². The molecule has 0 bridgehead atoms. The van der Waals surface area contributed by atoms with Crippen LogP contribution in [0.4, 0.5) is 17.1 Å². The van der Waals surface area contributed by atoms with Crippen LogP contribution in [0.3, 0.4) is 0 Å². The predicted octanol–water partition coefficient (Wildman–Crippen LogP) is 4.28. The normalized spacial score (nSPS) is 10.7. The Kier molecular flexibility index (Phi) is 4.92. The predicted molar refractivity (Wildman–Crippen MR) is 107 cm³/mol. The van der Waals surface area contributed by atoms with E-state index in [2.05, 4.69) is 16.9 Å². The zero-order chi connectivity index (χ0) is 18.8. The Labute approximate surface area is 155 Å². The molecule has 0 radical (unpaired) electrons. The smallest absolute Gasteiger partial charge is 0.267 e. The highest BCUT2D eigenvalue weighted by Crippen LogP contribution is 2.37. The minimum Gasteiger partial charge on any atom is -0.397 e. The van der Waals surface area contributed by atoms with Crippen molar-refractivity contribution in [3.63, 3.8) is 0 Å². The molecule has 1 amide bonds. The Bertz CT molecular complexity index is 993. The molecule has 134 valence electrons. The fourth-order valence-corrected chi connectivity index (χ4v) is 4.04. The number of fused-ring (bicyclic) bond motifs is 1. The van der Waals surface area contributed by atoms with Gasteiger partial charge in [0, 0.05) is 16.8 Å². The molecule has 0 aliphatic rings. The molecule has 0 saturated carbocycles. The van der Waals surface area contributed by atoms with Crippen molar-refractivity contribution in [2.45, 2.75) is 20.3 Å². The van der Waals surface area contributed by atoms with Crippen LogP contribution in [-0.2, 0) is 6.42 Å². The number of amides is 1. The number of thiophene rings is 1. The summed E-state index contributed by atoms with van der Waals surface area (Å²) < 4.78 is 0. The maximum atomic E-state index is 12.7. The molecule has 2 aromatic heterocycles. The van der Waals surface area contributed by atoms with Gasteiger partial charge in [-0.05, 0) is 55.7 Å². The van der Waals surface area contributed by atoms with Gasteiger partial charge in [0.15, 0.2) is 0 Å². The van der Waals surface area contributed by atoms with Crippen molar-refractivity contribution in [2.24, 2.45) is 0 Å². The number of rotatable bonds is 5. The van der Waals surface area contributed by atoms with E-state index < -0.39 is 0 Å². The number of hydrogen-bond donors (Lipinski definition) is 4. The third-order valence-corrected chi connectivity index (χ3v) is 5.38. The lowest BCUT2D eigenvalue weighted by atomic mass is 10.0. The molecule has 0 atom stereocenters. The van der Waals surface area contributed by atoms with E-state index in [1.165, 1.54) is 11.3 Å². The molecule has 0 aliphatic heterocycles. The first-order valence-electron chi connectivity index (χ1n) is 8.06. The topological polar surface area (TPSA) is 100 Å². The minimum absolute atomic E-state index is 0.280. The Balaban J connectivity index is 1.99. The lowest BCUT2D eigenvalue weighted by Gasteiger charge is -2.09. The number of aromatic nitrogens is 1. The van der Waals surface area contributed by atoms with Crippen molar-refractivity contribution in [3.05, 3.63) is 58.6 Å². The van der Waals surface area contributed by atoms with Gasteiger partial charge in [0.05, 0.1) is 11.4 Å². The number of carbonyl (C=O) groups excluding carboxylic acids is 1. The average Bonchev–Trinajstić information content (AvgIpc) is 2.95. The van der Waals surface area contributed by atoms with E-state index in [9.17, 15) is 4.79 Å². The first-order valence-corrected chi connectivity index (χ1v) is 8.88. The van der Waals surface area contributed by atoms with Crippen LogP contribution in [-0.4, -0.2) is 16.1 Å². The number of anilines is 3. The van der Waals surface area contributed by atoms with E-state index in [0.717, 1.165) is 27.0 Å².